The van der Waals surface area contributed by atoms with Crippen molar-refractivity contribution in [3.05, 3.63) is 23.2 Å². The quantitative estimate of drug-likeness (QED) is 0.756. The van der Waals surface area contributed by atoms with E-state index < -0.39 is 16.4 Å². The second kappa shape index (κ2) is 4.16. The molecule has 1 aromatic rings. The van der Waals surface area contributed by atoms with Crippen LogP contribution in [0.1, 0.15) is 0 Å². The Hall–Kier alpha value is -0.780. The van der Waals surface area contributed by atoms with Crippen molar-refractivity contribution in [3.8, 4) is 0 Å². The van der Waals surface area contributed by atoms with Gasteiger partial charge < -0.3 is 10.8 Å². The number of nitrogens with two attached hydrogens (primary N) is 1. The molecule has 0 atom stereocenters. The Kier molecular flexibility index (Phi) is 3.36. The Balaban J connectivity index is 3.32. The lowest BCUT2D eigenvalue weighted by Gasteiger charge is -2.07. The van der Waals surface area contributed by atoms with E-state index in [1.807, 2.05) is 0 Å². The van der Waals surface area contributed by atoms with Gasteiger partial charge in [-0.05, 0) is 12.1 Å². The minimum absolute atomic E-state index is 0.0819. The van der Waals surface area contributed by atoms with Crippen LogP contribution in [0, 0.1) is 0 Å². The summed E-state index contributed by atoms with van der Waals surface area (Å²) < 4.78 is 23.1. The Morgan fingerprint density at radius 1 is 1.43 bits per heavy atom. The molecule has 3 N–H and O–H groups in total. The molecule has 0 aromatic heterocycles. The molecule has 1 rings (SSSR count). The van der Waals surface area contributed by atoms with Gasteiger partial charge in [-0.2, -0.15) is 0 Å². The summed E-state index contributed by atoms with van der Waals surface area (Å²) in [4.78, 5) is -0.101. The number of sulfone groups is 1. The molecule has 0 radical (unpaired) electrons. The van der Waals surface area contributed by atoms with Gasteiger partial charge in [-0.3, -0.25) is 0 Å². The first-order valence-electron chi connectivity index (χ1n) is 3.86. The highest BCUT2D eigenvalue weighted by Crippen LogP contribution is 2.27. The van der Waals surface area contributed by atoms with Gasteiger partial charge in [0.05, 0.1) is 23.1 Å². The van der Waals surface area contributed by atoms with Gasteiger partial charge in [0.1, 0.15) is 4.90 Å². The Morgan fingerprint density at radius 2 is 2.07 bits per heavy atom. The van der Waals surface area contributed by atoms with Gasteiger partial charge in [0.2, 0.25) is 0 Å². The van der Waals surface area contributed by atoms with Crippen LogP contribution in [-0.4, -0.2) is 25.9 Å². The second-order valence-corrected chi connectivity index (χ2v) is 5.15. The number of benzene rings is 1. The number of rotatable bonds is 3. The van der Waals surface area contributed by atoms with Gasteiger partial charge in [0.25, 0.3) is 0 Å². The van der Waals surface area contributed by atoms with Crippen LogP contribution in [0.3, 0.4) is 0 Å². The van der Waals surface area contributed by atoms with Crippen LogP contribution in [0.25, 0.3) is 0 Å². The maximum absolute atomic E-state index is 11.5. The molecule has 0 amide bonds. The molecule has 0 unspecified atom stereocenters. The van der Waals surface area contributed by atoms with E-state index in [-0.39, 0.29) is 21.4 Å². The third kappa shape index (κ3) is 2.17. The standard InChI is InChI=1S/C8H10ClNO3S/c9-6-2-1-3-7(10)8(6)14(12,13)5-4-11/h1-3,11H,4-5,10H2. The van der Waals surface area contributed by atoms with Crippen LogP contribution in [-0.2, 0) is 9.84 Å². The molecule has 0 bridgehead atoms. The molecule has 1 aromatic carbocycles. The van der Waals surface area contributed by atoms with Crippen molar-refractivity contribution in [2.24, 2.45) is 0 Å². The summed E-state index contributed by atoms with van der Waals surface area (Å²) in [5, 5.41) is 8.66. The van der Waals surface area contributed by atoms with Crippen LogP contribution in [0.2, 0.25) is 5.02 Å². The highest BCUT2D eigenvalue weighted by atomic mass is 35.5. The molecule has 0 aliphatic rings. The monoisotopic (exact) mass is 235 g/mol. The molecule has 0 saturated carbocycles. The van der Waals surface area contributed by atoms with Crippen molar-refractivity contribution in [2.45, 2.75) is 4.90 Å². The molecule has 6 heteroatoms. The van der Waals surface area contributed by atoms with E-state index in [0.717, 1.165) is 0 Å². The van der Waals surface area contributed by atoms with Crippen LogP contribution < -0.4 is 5.73 Å². The molecular weight excluding hydrogens is 226 g/mol. The number of aliphatic hydroxyl groups excluding tert-OH is 1. The summed E-state index contributed by atoms with van der Waals surface area (Å²) in [6, 6.07) is 4.47. The van der Waals surface area contributed by atoms with Crippen molar-refractivity contribution in [1.82, 2.24) is 0 Å². The van der Waals surface area contributed by atoms with Gasteiger partial charge in [0.15, 0.2) is 9.84 Å². The smallest absolute Gasteiger partial charge is 0.184 e. The van der Waals surface area contributed by atoms with Crippen LogP contribution in [0.4, 0.5) is 5.69 Å². The number of hydrogen-bond donors (Lipinski definition) is 2. The van der Waals surface area contributed by atoms with Gasteiger partial charge >= 0.3 is 0 Å². The molecule has 0 aliphatic carbocycles. The summed E-state index contributed by atoms with van der Waals surface area (Å²) in [6.45, 7) is -0.451. The number of hydrogen-bond acceptors (Lipinski definition) is 4. The minimum Gasteiger partial charge on any atom is -0.398 e. The summed E-state index contributed by atoms with van der Waals surface area (Å²) >= 11 is 5.71. The molecule has 0 spiro atoms. The van der Waals surface area contributed by atoms with Gasteiger partial charge in [-0.15, -0.1) is 0 Å². The molecule has 0 fully saturated rings. The Morgan fingerprint density at radius 3 is 2.57 bits per heavy atom. The lowest BCUT2D eigenvalue weighted by molar-refractivity contribution is 0.319. The highest BCUT2D eigenvalue weighted by molar-refractivity contribution is 7.91. The van der Waals surface area contributed by atoms with Crippen LogP contribution in [0.5, 0.6) is 0 Å². The lowest BCUT2D eigenvalue weighted by Crippen LogP contribution is -2.12. The number of anilines is 1. The third-order valence-corrected chi connectivity index (χ3v) is 3.89. The average molecular weight is 236 g/mol. The van der Waals surface area contributed by atoms with Crippen molar-refractivity contribution < 1.29 is 13.5 Å². The largest absolute Gasteiger partial charge is 0.398 e. The van der Waals surface area contributed by atoms with E-state index in [0.29, 0.717) is 0 Å². The molecule has 0 saturated heterocycles. The van der Waals surface area contributed by atoms with Gasteiger partial charge in [0, 0.05) is 0 Å². The van der Waals surface area contributed by atoms with Crippen molar-refractivity contribution in [1.29, 1.82) is 0 Å². The van der Waals surface area contributed by atoms with E-state index in [4.69, 9.17) is 22.4 Å². The molecule has 0 heterocycles. The maximum Gasteiger partial charge on any atom is 0.184 e. The lowest BCUT2D eigenvalue weighted by atomic mass is 10.3. The summed E-state index contributed by atoms with van der Waals surface area (Å²) in [5.74, 6) is -0.374. The third-order valence-electron chi connectivity index (χ3n) is 1.67. The van der Waals surface area contributed by atoms with Crippen molar-refractivity contribution in [3.63, 3.8) is 0 Å². The predicted molar refractivity (Wildman–Crippen MR) is 55.0 cm³/mol. The summed E-state index contributed by atoms with van der Waals surface area (Å²) in [6.07, 6.45) is 0. The van der Waals surface area contributed by atoms with Crippen molar-refractivity contribution >= 4 is 27.1 Å². The fourth-order valence-corrected chi connectivity index (χ4v) is 2.85. The van der Waals surface area contributed by atoms with Crippen LogP contribution >= 0.6 is 11.6 Å². The second-order valence-electron chi connectivity index (χ2n) is 2.70. The fourth-order valence-electron chi connectivity index (χ4n) is 1.08. The topological polar surface area (TPSA) is 80.4 Å². The van der Waals surface area contributed by atoms with E-state index in [2.05, 4.69) is 0 Å². The van der Waals surface area contributed by atoms with Gasteiger partial charge in [-0.1, -0.05) is 17.7 Å². The zero-order chi connectivity index (χ0) is 10.8. The van der Waals surface area contributed by atoms with E-state index in [1.165, 1.54) is 12.1 Å². The zero-order valence-electron chi connectivity index (χ0n) is 7.27. The number of aliphatic hydroxyl groups is 1. The van der Waals surface area contributed by atoms with E-state index >= 15 is 0 Å². The van der Waals surface area contributed by atoms with Gasteiger partial charge in [-0.25, -0.2) is 8.42 Å². The maximum atomic E-state index is 11.5. The zero-order valence-corrected chi connectivity index (χ0v) is 8.85. The molecule has 14 heavy (non-hydrogen) atoms. The molecular formula is C8H10ClNO3S. The normalized spacial score (nSPS) is 11.6. The van der Waals surface area contributed by atoms with Crippen molar-refractivity contribution in [2.75, 3.05) is 18.1 Å². The Bertz CT molecular complexity index is 410. The summed E-state index contributed by atoms with van der Waals surface area (Å²) in [5.41, 5.74) is 5.60. The average Bonchev–Trinajstić information content (AvgIpc) is 2.02. The Labute approximate surface area is 87.2 Å². The number of halogens is 1. The van der Waals surface area contributed by atoms with E-state index in [9.17, 15) is 8.42 Å². The fraction of sp³-hybridized carbons (Fsp3) is 0.250. The first kappa shape index (κ1) is 11.3. The highest BCUT2D eigenvalue weighted by Gasteiger charge is 2.20. The van der Waals surface area contributed by atoms with E-state index in [1.54, 1.807) is 6.07 Å². The van der Waals surface area contributed by atoms with Crippen LogP contribution in [0.15, 0.2) is 23.1 Å². The first-order valence-corrected chi connectivity index (χ1v) is 5.89. The molecule has 78 valence electrons. The SMILES string of the molecule is Nc1cccc(Cl)c1S(=O)(=O)CCO. The number of nitrogen functional groups attached to an aromatic ring is 1. The molecule has 4 nitrogen and oxygen atoms in total. The molecule has 0 aliphatic heterocycles. The summed E-state index contributed by atoms with van der Waals surface area (Å²) in [7, 11) is -3.58. The predicted octanol–water partition coefficient (Wildman–Crippen LogP) is 0.688. The minimum atomic E-state index is -3.58. The first-order chi connectivity index (χ1) is 6.49.